The smallest absolute Gasteiger partial charge is 0.173 e. The molecule has 1 heterocycles. The summed E-state index contributed by atoms with van der Waals surface area (Å²) in [5.41, 5.74) is 0. The third kappa shape index (κ3) is 1.81. The molecular formula is C12H5Cl2FO2. The highest BCUT2D eigenvalue weighted by Crippen LogP contribution is 2.47. The minimum absolute atomic E-state index is 0.316. The fraction of sp³-hybridized carbons (Fsp3) is 0. The average Bonchev–Trinajstić information content (AvgIpc) is 2.28. The summed E-state index contributed by atoms with van der Waals surface area (Å²) in [6.07, 6.45) is 0. The minimum atomic E-state index is -0.393. The van der Waals surface area contributed by atoms with Gasteiger partial charge in [0.05, 0.1) is 10.0 Å². The lowest BCUT2D eigenvalue weighted by atomic mass is 10.2. The van der Waals surface area contributed by atoms with E-state index in [1.807, 2.05) is 0 Å². The third-order valence-corrected chi connectivity index (χ3v) is 3.05. The van der Waals surface area contributed by atoms with Gasteiger partial charge in [0.1, 0.15) is 5.82 Å². The second-order valence-corrected chi connectivity index (χ2v) is 4.32. The zero-order valence-corrected chi connectivity index (χ0v) is 9.85. The number of fused-ring (bicyclic) bond motifs is 2. The predicted octanol–water partition coefficient (Wildman–Crippen LogP) is 5.03. The topological polar surface area (TPSA) is 18.5 Å². The maximum atomic E-state index is 13.0. The first-order valence-electron chi connectivity index (χ1n) is 4.78. The lowest BCUT2D eigenvalue weighted by Gasteiger charge is -2.20. The molecule has 3 rings (SSSR count). The van der Waals surface area contributed by atoms with E-state index >= 15 is 0 Å². The molecule has 0 unspecified atom stereocenters. The van der Waals surface area contributed by atoms with Crippen molar-refractivity contribution in [3.8, 4) is 23.0 Å². The highest BCUT2D eigenvalue weighted by atomic mass is 35.5. The van der Waals surface area contributed by atoms with Gasteiger partial charge in [-0.05, 0) is 12.1 Å². The monoisotopic (exact) mass is 270 g/mol. The Bertz CT molecular complexity index is 614. The lowest BCUT2D eigenvalue weighted by Crippen LogP contribution is -1.99. The van der Waals surface area contributed by atoms with Crippen molar-refractivity contribution in [3.63, 3.8) is 0 Å². The van der Waals surface area contributed by atoms with Crippen molar-refractivity contribution in [3.05, 3.63) is 46.2 Å². The largest absolute Gasteiger partial charge is 0.449 e. The van der Waals surface area contributed by atoms with Crippen LogP contribution in [0.5, 0.6) is 23.0 Å². The van der Waals surface area contributed by atoms with E-state index in [1.54, 1.807) is 6.07 Å². The van der Waals surface area contributed by atoms with Crippen LogP contribution in [-0.4, -0.2) is 0 Å². The molecule has 0 fully saturated rings. The Morgan fingerprint density at radius 3 is 1.94 bits per heavy atom. The normalized spacial score (nSPS) is 12.2. The van der Waals surface area contributed by atoms with Crippen LogP contribution in [0, 0.1) is 5.82 Å². The van der Waals surface area contributed by atoms with Gasteiger partial charge < -0.3 is 9.47 Å². The summed E-state index contributed by atoms with van der Waals surface area (Å²) in [4.78, 5) is 0. The fourth-order valence-corrected chi connectivity index (χ4v) is 1.86. The van der Waals surface area contributed by atoms with Crippen LogP contribution >= 0.6 is 23.2 Å². The van der Waals surface area contributed by atoms with Gasteiger partial charge in [0.15, 0.2) is 23.0 Å². The molecule has 5 heteroatoms. The first-order valence-corrected chi connectivity index (χ1v) is 5.53. The molecule has 0 amide bonds. The van der Waals surface area contributed by atoms with Gasteiger partial charge in [0.2, 0.25) is 0 Å². The van der Waals surface area contributed by atoms with Crippen molar-refractivity contribution >= 4 is 23.2 Å². The molecule has 1 aliphatic heterocycles. The Labute approximate surface area is 106 Å². The van der Waals surface area contributed by atoms with Gasteiger partial charge in [-0.1, -0.05) is 23.2 Å². The Balaban J connectivity index is 2.11. The molecule has 0 radical (unpaired) electrons. The number of ether oxygens (including phenoxy) is 2. The van der Waals surface area contributed by atoms with Crippen molar-refractivity contribution in [1.82, 2.24) is 0 Å². The molecule has 0 N–H and O–H groups in total. The highest BCUT2D eigenvalue weighted by Gasteiger charge is 2.20. The van der Waals surface area contributed by atoms with Crippen LogP contribution in [0.25, 0.3) is 0 Å². The molecule has 0 saturated heterocycles. The Kier molecular flexibility index (Phi) is 2.38. The molecule has 86 valence electrons. The summed E-state index contributed by atoms with van der Waals surface area (Å²) in [5.74, 6) is 1.24. The predicted molar refractivity (Wildman–Crippen MR) is 63.0 cm³/mol. The van der Waals surface area contributed by atoms with Gasteiger partial charge in [0.25, 0.3) is 0 Å². The van der Waals surface area contributed by atoms with Crippen molar-refractivity contribution < 1.29 is 13.9 Å². The van der Waals surface area contributed by atoms with Crippen LogP contribution < -0.4 is 9.47 Å². The van der Waals surface area contributed by atoms with E-state index in [1.165, 1.54) is 24.3 Å². The SMILES string of the molecule is Fc1ccc2c(c1)Oc1cc(Cl)c(Cl)cc1O2. The molecule has 2 nitrogen and oxygen atoms in total. The summed E-state index contributed by atoms with van der Waals surface area (Å²) in [6, 6.07) is 7.14. The maximum Gasteiger partial charge on any atom is 0.173 e. The molecule has 2 aromatic rings. The highest BCUT2D eigenvalue weighted by molar-refractivity contribution is 6.42. The van der Waals surface area contributed by atoms with Crippen LogP contribution in [-0.2, 0) is 0 Å². The standard InChI is InChI=1S/C12H5Cl2FO2/c13-7-4-11-12(5-8(7)14)17-10-3-6(15)1-2-9(10)16-11/h1-5H. The molecule has 0 saturated carbocycles. The van der Waals surface area contributed by atoms with Crippen molar-refractivity contribution in [2.45, 2.75) is 0 Å². The van der Waals surface area contributed by atoms with E-state index in [2.05, 4.69) is 0 Å². The summed E-state index contributed by atoms with van der Waals surface area (Å²) < 4.78 is 24.1. The Morgan fingerprint density at radius 2 is 1.29 bits per heavy atom. The van der Waals surface area contributed by atoms with Crippen LogP contribution in [0.15, 0.2) is 30.3 Å². The maximum absolute atomic E-state index is 13.0. The van der Waals surface area contributed by atoms with Gasteiger partial charge in [0, 0.05) is 18.2 Å². The van der Waals surface area contributed by atoms with Crippen LogP contribution in [0.3, 0.4) is 0 Å². The molecule has 0 aliphatic carbocycles. The number of rotatable bonds is 0. The van der Waals surface area contributed by atoms with Crippen LogP contribution in [0.2, 0.25) is 10.0 Å². The van der Waals surface area contributed by atoms with Gasteiger partial charge >= 0.3 is 0 Å². The van der Waals surface area contributed by atoms with Gasteiger partial charge in [-0.3, -0.25) is 0 Å². The number of halogens is 3. The van der Waals surface area contributed by atoms with E-state index in [0.29, 0.717) is 33.0 Å². The lowest BCUT2D eigenvalue weighted by molar-refractivity contribution is 0.357. The van der Waals surface area contributed by atoms with E-state index in [0.717, 1.165) is 0 Å². The van der Waals surface area contributed by atoms with E-state index in [9.17, 15) is 4.39 Å². The Hall–Kier alpha value is -1.45. The number of hydrogen-bond donors (Lipinski definition) is 0. The molecule has 17 heavy (non-hydrogen) atoms. The molecule has 0 bridgehead atoms. The molecular weight excluding hydrogens is 266 g/mol. The van der Waals surface area contributed by atoms with Crippen molar-refractivity contribution in [2.75, 3.05) is 0 Å². The zero-order valence-electron chi connectivity index (χ0n) is 8.34. The first kappa shape index (κ1) is 10.7. The average molecular weight is 271 g/mol. The Morgan fingerprint density at radius 1 is 0.765 bits per heavy atom. The molecule has 1 aliphatic rings. The van der Waals surface area contributed by atoms with E-state index < -0.39 is 5.82 Å². The molecule has 0 aromatic heterocycles. The fourth-order valence-electron chi connectivity index (χ4n) is 1.55. The second-order valence-electron chi connectivity index (χ2n) is 3.51. The third-order valence-electron chi connectivity index (χ3n) is 2.33. The quantitative estimate of drug-likeness (QED) is 0.570. The molecule has 2 aromatic carbocycles. The van der Waals surface area contributed by atoms with E-state index in [-0.39, 0.29) is 0 Å². The van der Waals surface area contributed by atoms with Crippen molar-refractivity contribution in [1.29, 1.82) is 0 Å². The second kappa shape index (κ2) is 3.79. The summed E-state index contributed by atoms with van der Waals surface area (Å²) in [5, 5.41) is 0.730. The van der Waals surface area contributed by atoms with Gasteiger partial charge in [-0.15, -0.1) is 0 Å². The molecule has 0 atom stereocenters. The summed E-state index contributed by atoms with van der Waals surface area (Å²) in [6.45, 7) is 0. The van der Waals surface area contributed by atoms with E-state index in [4.69, 9.17) is 32.7 Å². The first-order chi connectivity index (χ1) is 8.13. The zero-order chi connectivity index (χ0) is 12.0. The minimum Gasteiger partial charge on any atom is -0.449 e. The number of hydrogen-bond acceptors (Lipinski definition) is 2. The summed E-state index contributed by atoms with van der Waals surface area (Å²) >= 11 is 11.7. The van der Waals surface area contributed by atoms with Gasteiger partial charge in [-0.2, -0.15) is 0 Å². The van der Waals surface area contributed by atoms with Crippen molar-refractivity contribution in [2.24, 2.45) is 0 Å². The van der Waals surface area contributed by atoms with Crippen LogP contribution in [0.4, 0.5) is 4.39 Å². The number of benzene rings is 2. The molecule has 0 spiro atoms. The summed E-state index contributed by atoms with van der Waals surface area (Å²) in [7, 11) is 0. The van der Waals surface area contributed by atoms with Gasteiger partial charge in [-0.25, -0.2) is 4.39 Å². The van der Waals surface area contributed by atoms with Crippen LogP contribution in [0.1, 0.15) is 0 Å².